The van der Waals surface area contributed by atoms with Gasteiger partial charge in [0.15, 0.2) is 0 Å². The summed E-state index contributed by atoms with van der Waals surface area (Å²) in [5, 5.41) is 11.2. The van der Waals surface area contributed by atoms with Gasteiger partial charge in [-0.05, 0) is 30.5 Å². The molecule has 3 amide bonds. The third-order valence-corrected chi connectivity index (χ3v) is 2.64. The Labute approximate surface area is 99.0 Å². The number of carbonyl (C=O) groups is 2. The zero-order chi connectivity index (χ0) is 12.3. The molecule has 17 heavy (non-hydrogen) atoms. The van der Waals surface area contributed by atoms with Crippen LogP contribution in [0.15, 0.2) is 24.3 Å². The van der Waals surface area contributed by atoms with Crippen LogP contribution >= 0.6 is 0 Å². The Bertz CT molecular complexity index is 429. The smallest absolute Gasteiger partial charge is 0.329 e. The zero-order valence-corrected chi connectivity index (χ0v) is 9.35. The lowest BCUT2D eigenvalue weighted by atomic mass is 10.1. The van der Waals surface area contributed by atoms with Gasteiger partial charge in [-0.1, -0.05) is 12.1 Å². The van der Waals surface area contributed by atoms with Gasteiger partial charge < -0.3 is 10.4 Å². The van der Waals surface area contributed by atoms with Gasteiger partial charge in [0.25, 0.3) is 5.91 Å². The van der Waals surface area contributed by atoms with Crippen LogP contribution < -0.4 is 10.2 Å². The molecular weight excluding hydrogens is 220 g/mol. The Hall–Kier alpha value is -1.88. The Morgan fingerprint density at radius 3 is 2.82 bits per heavy atom. The van der Waals surface area contributed by atoms with Crippen LogP contribution in [0.25, 0.3) is 0 Å². The van der Waals surface area contributed by atoms with Crippen molar-refractivity contribution in [3.05, 3.63) is 29.8 Å². The summed E-state index contributed by atoms with van der Waals surface area (Å²) in [4.78, 5) is 24.1. The molecule has 1 heterocycles. The van der Waals surface area contributed by atoms with Crippen molar-refractivity contribution in [3.8, 4) is 0 Å². The molecule has 0 atom stereocenters. The molecule has 1 fully saturated rings. The first-order chi connectivity index (χ1) is 8.22. The second kappa shape index (κ2) is 4.97. The van der Waals surface area contributed by atoms with E-state index < -0.39 is 0 Å². The molecule has 2 N–H and O–H groups in total. The maximum absolute atomic E-state index is 11.5. The predicted octanol–water partition coefficient (Wildman–Crippen LogP) is 0.668. The van der Waals surface area contributed by atoms with Crippen molar-refractivity contribution in [2.75, 3.05) is 18.1 Å². The Balaban J connectivity index is 2.20. The molecule has 0 aliphatic carbocycles. The molecule has 1 aromatic carbocycles. The fraction of sp³-hybridized carbons (Fsp3) is 0.333. The number of nitrogens with one attached hydrogen (secondary N) is 1. The van der Waals surface area contributed by atoms with Crippen molar-refractivity contribution >= 4 is 17.6 Å². The van der Waals surface area contributed by atoms with Crippen molar-refractivity contribution in [2.45, 2.75) is 12.8 Å². The number of hydrogen-bond acceptors (Lipinski definition) is 3. The summed E-state index contributed by atoms with van der Waals surface area (Å²) in [7, 11) is 0. The molecule has 2 rings (SSSR count). The highest BCUT2D eigenvalue weighted by Gasteiger charge is 2.29. The molecule has 5 heteroatoms. The molecule has 1 aliphatic rings. The average Bonchev–Trinajstić information content (AvgIpc) is 2.67. The summed E-state index contributed by atoms with van der Waals surface area (Å²) in [6.45, 7) is 0.188. The topological polar surface area (TPSA) is 69.6 Å². The van der Waals surface area contributed by atoms with E-state index in [0.29, 0.717) is 12.1 Å². The minimum Gasteiger partial charge on any atom is -0.396 e. The monoisotopic (exact) mass is 234 g/mol. The minimum atomic E-state index is -0.380. The summed E-state index contributed by atoms with van der Waals surface area (Å²) in [5.41, 5.74) is 1.59. The number of carbonyl (C=O) groups excluding carboxylic acids is 2. The number of urea groups is 1. The van der Waals surface area contributed by atoms with Crippen molar-refractivity contribution in [1.29, 1.82) is 0 Å². The van der Waals surface area contributed by atoms with Gasteiger partial charge in [0.2, 0.25) is 0 Å². The highest BCUT2D eigenvalue weighted by Crippen LogP contribution is 2.19. The molecule has 0 saturated carbocycles. The van der Waals surface area contributed by atoms with Crippen molar-refractivity contribution < 1.29 is 14.7 Å². The normalized spacial score (nSPS) is 15.2. The number of anilines is 1. The van der Waals surface area contributed by atoms with E-state index in [-0.39, 0.29) is 25.1 Å². The molecule has 1 aromatic rings. The number of aryl methyl sites for hydroxylation is 1. The number of benzene rings is 1. The molecule has 0 spiro atoms. The second-order valence-electron chi connectivity index (χ2n) is 3.88. The van der Waals surface area contributed by atoms with E-state index in [9.17, 15) is 9.59 Å². The van der Waals surface area contributed by atoms with Gasteiger partial charge in [0.1, 0.15) is 0 Å². The first kappa shape index (κ1) is 11.6. The number of hydrogen-bond donors (Lipinski definition) is 2. The Kier molecular flexibility index (Phi) is 3.39. The van der Waals surface area contributed by atoms with E-state index >= 15 is 0 Å². The molecule has 0 unspecified atom stereocenters. The fourth-order valence-corrected chi connectivity index (χ4v) is 1.82. The van der Waals surface area contributed by atoms with Gasteiger partial charge in [-0.25, -0.2) is 9.69 Å². The number of rotatable bonds is 4. The number of imide groups is 1. The van der Waals surface area contributed by atoms with Gasteiger partial charge in [0.05, 0.1) is 12.2 Å². The first-order valence-electron chi connectivity index (χ1n) is 5.53. The highest BCUT2D eigenvalue weighted by molar-refractivity contribution is 6.19. The largest absolute Gasteiger partial charge is 0.396 e. The molecule has 0 radical (unpaired) electrons. The lowest BCUT2D eigenvalue weighted by Crippen LogP contribution is -2.30. The molecular formula is C12H14N2O3. The van der Waals surface area contributed by atoms with Crippen LogP contribution in [0.1, 0.15) is 12.0 Å². The van der Waals surface area contributed by atoms with Crippen molar-refractivity contribution in [3.63, 3.8) is 0 Å². The molecule has 0 bridgehead atoms. The fourth-order valence-electron chi connectivity index (χ4n) is 1.82. The highest BCUT2D eigenvalue weighted by atomic mass is 16.3. The van der Waals surface area contributed by atoms with Gasteiger partial charge >= 0.3 is 6.03 Å². The van der Waals surface area contributed by atoms with E-state index in [1.807, 2.05) is 6.07 Å². The van der Waals surface area contributed by atoms with Gasteiger partial charge in [0, 0.05) is 6.61 Å². The minimum absolute atomic E-state index is 0.0553. The third kappa shape index (κ3) is 2.45. The van der Waals surface area contributed by atoms with E-state index in [1.165, 1.54) is 0 Å². The molecule has 0 aromatic heterocycles. The van der Waals surface area contributed by atoms with Crippen LogP contribution in [0.5, 0.6) is 0 Å². The molecule has 1 aliphatic heterocycles. The molecule has 5 nitrogen and oxygen atoms in total. The lowest BCUT2D eigenvalue weighted by molar-refractivity contribution is -0.115. The van der Waals surface area contributed by atoms with Gasteiger partial charge in [-0.3, -0.25) is 4.79 Å². The van der Waals surface area contributed by atoms with E-state index in [1.54, 1.807) is 18.2 Å². The van der Waals surface area contributed by atoms with Crippen molar-refractivity contribution in [1.82, 2.24) is 5.32 Å². The van der Waals surface area contributed by atoms with Gasteiger partial charge in [-0.15, -0.1) is 0 Å². The Morgan fingerprint density at radius 2 is 2.18 bits per heavy atom. The second-order valence-corrected chi connectivity index (χ2v) is 3.88. The summed E-state index contributed by atoms with van der Waals surface area (Å²) < 4.78 is 0. The van der Waals surface area contributed by atoms with Gasteiger partial charge in [-0.2, -0.15) is 0 Å². The van der Waals surface area contributed by atoms with E-state index in [0.717, 1.165) is 16.9 Å². The molecule has 1 saturated heterocycles. The number of nitrogens with zero attached hydrogens (tertiary/aromatic N) is 1. The predicted molar refractivity (Wildman–Crippen MR) is 62.7 cm³/mol. The summed E-state index contributed by atoms with van der Waals surface area (Å²) in [6.07, 6.45) is 1.40. The summed E-state index contributed by atoms with van der Waals surface area (Å²) in [5.74, 6) is -0.241. The maximum atomic E-state index is 11.5. The third-order valence-electron chi connectivity index (χ3n) is 2.64. The van der Waals surface area contributed by atoms with Crippen LogP contribution in [0, 0.1) is 0 Å². The Morgan fingerprint density at radius 1 is 1.35 bits per heavy atom. The molecule has 90 valence electrons. The summed E-state index contributed by atoms with van der Waals surface area (Å²) in [6, 6.07) is 6.87. The number of amides is 3. The van der Waals surface area contributed by atoms with Crippen LogP contribution in [0.3, 0.4) is 0 Å². The quantitative estimate of drug-likeness (QED) is 0.752. The number of aliphatic hydroxyl groups is 1. The van der Waals surface area contributed by atoms with E-state index in [2.05, 4.69) is 5.32 Å². The van der Waals surface area contributed by atoms with Crippen molar-refractivity contribution in [2.24, 2.45) is 0 Å². The SMILES string of the molecule is O=C1CNC(=O)N1c1cccc(CCCO)c1. The average molecular weight is 234 g/mol. The zero-order valence-electron chi connectivity index (χ0n) is 9.35. The standard InChI is InChI=1S/C12H14N2O3/c15-6-2-4-9-3-1-5-10(7-9)14-11(16)8-13-12(14)17/h1,3,5,7,15H,2,4,6,8H2,(H,13,17). The van der Waals surface area contributed by atoms with Crippen LogP contribution in [0.2, 0.25) is 0 Å². The van der Waals surface area contributed by atoms with Crippen LogP contribution in [-0.2, 0) is 11.2 Å². The number of aliphatic hydroxyl groups excluding tert-OH is 1. The van der Waals surface area contributed by atoms with Crippen LogP contribution in [-0.4, -0.2) is 30.2 Å². The van der Waals surface area contributed by atoms with Crippen LogP contribution in [0.4, 0.5) is 10.5 Å². The first-order valence-corrected chi connectivity index (χ1v) is 5.53. The summed E-state index contributed by atoms with van der Waals surface area (Å²) >= 11 is 0. The van der Waals surface area contributed by atoms with E-state index in [4.69, 9.17) is 5.11 Å². The lowest BCUT2D eigenvalue weighted by Gasteiger charge is -2.13. The maximum Gasteiger partial charge on any atom is 0.329 e.